The van der Waals surface area contributed by atoms with E-state index < -0.39 is 29.9 Å². The molecule has 1 aromatic carbocycles. The normalized spacial score (nSPS) is 32.4. The summed E-state index contributed by atoms with van der Waals surface area (Å²) in [6, 6.07) is 5.35. The van der Waals surface area contributed by atoms with E-state index in [0.29, 0.717) is 0 Å². The molecule has 1 unspecified atom stereocenters. The van der Waals surface area contributed by atoms with Gasteiger partial charge in [-0.3, -0.25) is 5.32 Å². The molecule has 0 aliphatic carbocycles. The van der Waals surface area contributed by atoms with Crippen LogP contribution < -0.4 is 5.32 Å². The summed E-state index contributed by atoms with van der Waals surface area (Å²) in [7, 11) is 0. The lowest BCUT2D eigenvalue weighted by molar-refractivity contribution is -0.129. The van der Waals surface area contributed by atoms with Crippen molar-refractivity contribution in [1.29, 1.82) is 0 Å². The molecular formula is C12H13F4N. The van der Waals surface area contributed by atoms with E-state index in [4.69, 9.17) is 0 Å². The summed E-state index contributed by atoms with van der Waals surface area (Å²) in [6.07, 6.45) is -2.49. The lowest BCUT2D eigenvalue weighted by Gasteiger charge is -2.43. The topological polar surface area (TPSA) is 12.0 Å². The highest BCUT2D eigenvalue weighted by Crippen LogP contribution is 2.44. The number of halogens is 4. The molecule has 1 nitrogen and oxygen atoms in total. The summed E-state index contributed by atoms with van der Waals surface area (Å²) in [6.45, 7) is 1.01. The van der Waals surface area contributed by atoms with Gasteiger partial charge in [0.15, 0.2) is 0 Å². The van der Waals surface area contributed by atoms with E-state index in [1.165, 1.54) is 25.1 Å². The molecule has 0 bridgehead atoms. The Morgan fingerprint density at radius 3 is 2.53 bits per heavy atom. The van der Waals surface area contributed by atoms with Crippen LogP contribution in [-0.4, -0.2) is 18.6 Å². The molecule has 2 rings (SSSR count). The first-order valence-electron chi connectivity index (χ1n) is 5.39. The number of hydrogen-bond donors (Lipinski definition) is 1. The van der Waals surface area contributed by atoms with Crippen molar-refractivity contribution in [3.63, 3.8) is 0 Å². The predicted molar refractivity (Wildman–Crippen MR) is 56.2 cm³/mol. The zero-order valence-electron chi connectivity index (χ0n) is 9.31. The lowest BCUT2D eigenvalue weighted by Crippen LogP contribution is -2.60. The Morgan fingerprint density at radius 1 is 1.29 bits per heavy atom. The van der Waals surface area contributed by atoms with Crippen LogP contribution in [0.1, 0.15) is 18.9 Å². The van der Waals surface area contributed by atoms with Crippen molar-refractivity contribution in [3.05, 3.63) is 35.6 Å². The number of alkyl halides is 3. The minimum Gasteiger partial charge on any atom is -0.300 e. The van der Waals surface area contributed by atoms with E-state index in [-0.39, 0.29) is 12.1 Å². The molecular weight excluding hydrogens is 234 g/mol. The third kappa shape index (κ3) is 1.92. The fourth-order valence-corrected chi connectivity index (χ4v) is 2.16. The molecule has 1 aliphatic heterocycles. The van der Waals surface area contributed by atoms with Crippen molar-refractivity contribution in [3.8, 4) is 0 Å². The minimum absolute atomic E-state index is 0.128. The van der Waals surface area contributed by atoms with Crippen molar-refractivity contribution in [2.24, 2.45) is 0 Å². The predicted octanol–water partition coefficient (Wildman–Crippen LogP) is 3.01. The standard InChI is InChI=1S/C12H13F4N/c1-11(9-4-2-3-5-10(9)14)12(15,16)6-8(13)7-17-11/h2-5,8,17H,6-7H2,1H3/t8?,11-/m1/s1. The van der Waals surface area contributed by atoms with E-state index in [1.807, 2.05) is 0 Å². The van der Waals surface area contributed by atoms with Gasteiger partial charge in [-0.1, -0.05) is 18.2 Å². The van der Waals surface area contributed by atoms with Gasteiger partial charge in [-0.2, -0.15) is 0 Å². The molecule has 1 fully saturated rings. The minimum atomic E-state index is -3.33. The second-order valence-corrected chi connectivity index (χ2v) is 4.49. The highest BCUT2D eigenvalue weighted by Gasteiger charge is 2.56. The van der Waals surface area contributed by atoms with Crippen LogP contribution in [0.15, 0.2) is 24.3 Å². The third-order valence-corrected chi connectivity index (χ3v) is 3.30. The van der Waals surface area contributed by atoms with Crippen molar-refractivity contribution in [1.82, 2.24) is 5.32 Å². The first kappa shape index (κ1) is 12.4. The Labute approximate surface area is 96.8 Å². The van der Waals surface area contributed by atoms with E-state index in [2.05, 4.69) is 5.32 Å². The van der Waals surface area contributed by atoms with Crippen molar-refractivity contribution in [2.45, 2.75) is 31.0 Å². The van der Waals surface area contributed by atoms with E-state index in [1.54, 1.807) is 0 Å². The maximum atomic E-state index is 13.9. The quantitative estimate of drug-likeness (QED) is 0.752. The van der Waals surface area contributed by atoms with Gasteiger partial charge in [0.1, 0.15) is 17.5 Å². The third-order valence-electron chi connectivity index (χ3n) is 3.30. The van der Waals surface area contributed by atoms with Crippen molar-refractivity contribution in [2.75, 3.05) is 6.54 Å². The van der Waals surface area contributed by atoms with Gasteiger partial charge >= 0.3 is 0 Å². The van der Waals surface area contributed by atoms with Gasteiger partial charge in [-0.15, -0.1) is 0 Å². The molecule has 0 aromatic heterocycles. The van der Waals surface area contributed by atoms with Gasteiger partial charge in [0.05, 0.1) is 0 Å². The fraction of sp³-hybridized carbons (Fsp3) is 0.500. The summed E-state index contributed by atoms with van der Waals surface area (Å²) in [5.41, 5.74) is -1.99. The Morgan fingerprint density at radius 2 is 1.94 bits per heavy atom. The van der Waals surface area contributed by atoms with E-state index in [0.717, 1.165) is 6.07 Å². The lowest BCUT2D eigenvalue weighted by atomic mass is 9.80. The molecule has 0 saturated carbocycles. The molecule has 1 N–H and O–H groups in total. The van der Waals surface area contributed by atoms with Crippen LogP contribution in [0.5, 0.6) is 0 Å². The summed E-state index contributed by atoms with van der Waals surface area (Å²) >= 11 is 0. The maximum absolute atomic E-state index is 13.9. The molecule has 5 heteroatoms. The summed E-state index contributed by atoms with van der Waals surface area (Å²) in [4.78, 5) is 0. The van der Waals surface area contributed by atoms with Crippen LogP contribution in [0, 0.1) is 5.82 Å². The average molecular weight is 247 g/mol. The van der Waals surface area contributed by atoms with Gasteiger partial charge in [-0.25, -0.2) is 17.6 Å². The molecule has 0 radical (unpaired) electrons. The number of piperidine rings is 1. The molecule has 1 aliphatic rings. The number of nitrogens with one attached hydrogen (secondary N) is 1. The Bertz CT molecular complexity index is 421. The Hall–Kier alpha value is -1.10. The number of benzene rings is 1. The van der Waals surface area contributed by atoms with Crippen molar-refractivity contribution >= 4 is 0 Å². The van der Waals surface area contributed by atoms with Gasteiger partial charge < -0.3 is 0 Å². The molecule has 2 atom stereocenters. The van der Waals surface area contributed by atoms with Crippen LogP contribution in [0.3, 0.4) is 0 Å². The Kier molecular flexibility index (Phi) is 2.89. The number of rotatable bonds is 1. The molecule has 94 valence electrons. The first-order chi connectivity index (χ1) is 7.87. The average Bonchev–Trinajstić information content (AvgIpc) is 2.24. The zero-order valence-corrected chi connectivity index (χ0v) is 9.31. The van der Waals surface area contributed by atoms with Gasteiger partial charge in [0, 0.05) is 18.5 Å². The highest BCUT2D eigenvalue weighted by atomic mass is 19.3. The maximum Gasteiger partial charge on any atom is 0.272 e. The summed E-state index contributed by atoms with van der Waals surface area (Å²) in [5.74, 6) is -4.04. The fourth-order valence-electron chi connectivity index (χ4n) is 2.16. The van der Waals surface area contributed by atoms with Crippen LogP contribution in [0.2, 0.25) is 0 Å². The second-order valence-electron chi connectivity index (χ2n) is 4.49. The highest BCUT2D eigenvalue weighted by molar-refractivity contribution is 5.29. The smallest absolute Gasteiger partial charge is 0.272 e. The van der Waals surface area contributed by atoms with Crippen LogP contribution in [0.4, 0.5) is 17.6 Å². The van der Waals surface area contributed by atoms with Crippen LogP contribution in [-0.2, 0) is 5.54 Å². The summed E-state index contributed by atoms with van der Waals surface area (Å²) in [5, 5.41) is 2.43. The van der Waals surface area contributed by atoms with Crippen LogP contribution >= 0.6 is 0 Å². The Balaban J connectivity index is 2.45. The van der Waals surface area contributed by atoms with E-state index in [9.17, 15) is 17.6 Å². The van der Waals surface area contributed by atoms with E-state index >= 15 is 0 Å². The SMILES string of the molecule is C[C@]1(c2ccccc2F)NCC(F)CC1(F)F. The van der Waals surface area contributed by atoms with Crippen molar-refractivity contribution < 1.29 is 17.6 Å². The molecule has 17 heavy (non-hydrogen) atoms. The van der Waals surface area contributed by atoms with Gasteiger partial charge in [0.25, 0.3) is 5.92 Å². The molecule has 1 saturated heterocycles. The van der Waals surface area contributed by atoms with Gasteiger partial charge in [0.2, 0.25) is 0 Å². The molecule has 1 aromatic rings. The molecule has 1 heterocycles. The first-order valence-corrected chi connectivity index (χ1v) is 5.39. The number of hydrogen-bond acceptors (Lipinski definition) is 1. The van der Waals surface area contributed by atoms with Gasteiger partial charge in [-0.05, 0) is 13.0 Å². The monoisotopic (exact) mass is 247 g/mol. The molecule has 0 spiro atoms. The largest absolute Gasteiger partial charge is 0.300 e. The zero-order chi connectivity index (χ0) is 12.7. The molecule has 0 amide bonds. The summed E-state index contributed by atoms with van der Waals surface area (Å²) < 4.78 is 54.4. The second kappa shape index (κ2) is 3.98. The van der Waals surface area contributed by atoms with Crippen LogP contribution in [0.25, 0.3) is 0 Å².